The van der Waals surface area contributed by atoms with Gasteiger partial charge in [0, 0.05) is 9.40 Å². The van der Waals surface area contributed by atoms with Gasteiger partial charge in [0.1, 0.15) is 10.0 Å². The minimum absolute atomic E-state index is 1.03. The number of hydrogen-bond acceptors (Lipinski definition) is 6. The van der Waals surface area contributed by atoms with Gasteiger partial charge in [0.2, 0.25) is 0 Å². The van der Waals surface area contributed by atoms with Crippen molar-refractivity contribution in [3.05, 3.63) is 84.9 Å². The van der Waals surface area contributed by atoms with E-state index in [0.29, 0.717) is 0 Å². The lowest BCUT2D eigenvalue weighted by molar-refractivity contribution is 1.51. The zero-order chi connectivity index (χ0) is 22.2. The second kappa shape index (κ2) is 7.17. The molecule has 0 fully saturated rings. The Morgan fingerprint density at radius 2 is 0.824 bits per heavy atom. The van der Waals surface area contributed by atoms with E-state index in [2.05, 4.69) is 84.9 Å². The number of nitrogens with zero attached hydrogens (tertiary/aromatic N) is 2. The van der Waals surface area contributed by atoms with Gasteiger partial charge in [0.05, 0.1) is 9.75 Å². The number of fused-ring (bicyclic) bond motifs is 5. The predicted molar refractivity (Wildman–Crippen MR) is 152 cm³/mol. The molecule has 0 saturated carbocycles. The summed E-state index contributed by atoms with van der Waals surface area (Å²) < 4.78 is 2.61. The van der Waals surface area contributed by atoms with Crippen LogP contribution in [0, 0.1) is 0 Å². The lowest BCUT2D eigenvalue weighted by Gasteiger charge is -1.96. The van der Waals surface area contributed by atoms with E-state index in [1.807, 2.05) is 22.7 Å². The first kappa shape index (κ1) is 19.2. The van der Waals surface area contributed by atoms with Gasteiger partial charge < -0.3 is 0 Å². The van der Waals surface area contributed by atoms with E-state index in [1.165, 1.54) is 51.5 Å². The zero-order valence-corrected chi connectivity index (χ0v) is 20.9. The van der Waals surface area contributed by atoms with Crippen molar-refractivity contribution in [2.24, 2.45) is 0 Å². The van der Waals surface area contributed by atoms with Gasteiger partial charge in [0.15, 0.2) is 9.66 Å². The van der Waals surface area contributed by atoms with E-state index in [1.54, 1.807) is 22.7 Å². The average molecular weight is 507 g/mol. The fourth-order valence-electron chi connectivity index (χ4n) is 4.52. The van der Waals surface area contributed by atoms with Crippen LogP contribution in [0.4, 0.5) is 0 Å². The van der Waals surface area contributed by atoms with Gasteiger partial charge in [-0.3, -0.25) is 0 Å². The molecular formula is C28H14N2S4. The third-order valence-electron chi connectivity index (χ3n) is 6.17. The van der Waals surface area contributed by atoms with Crippen molar-refractivity contribution in [3.63, 3.8) is 0 Å². The van der Waals surface area contributed by atoms with Crippen LogP contribution in [0.25, 0.3) is 71.1 Å². The Morgan fingerprint density at radius 3 is 1.26 bits per heavy atom. The van der Waals surface area contributed by atoms with Crippen molar-refractivity contribution >= 4 is 96.7 Å². The first-order valence-corrected chi connectivity index (χ1v) is 14.2. The SMILES string of the molecule is c1ccc2cc3sc(-c4nc5sc(-c6cc7cc8ccccc8cc7s6)nc5s4)cc3cc2c1. The number of thiazole rings is 2. The molecule has 4 aromatic heterocycles. The highest BCUT2D eigenvalue weighted by Crippen LogP contribution is 2.43. The Kier molecular flexibility index (Phi) is 4.04. The molecule has 8 aromatic rings. The van der Waals surface area contributed by atoms with Crippen LogP contribution in [0.15, 0.2) is 84.9 Å². The predicted octanol–water partition coefficient (Wildman–Crippen LogP) is 9.82. The maximum atomic E-state index is 4.98. The molecule has 0 aliphatic carbocycles. The molecule has 6 heteroatoms. The largest absolute Gasteiger partial charge is 0.222 e. The molecule has 0 aliphatic heterocycles. The second-order valence-corrected chi connectivity index (χ2v) is 12.5. The summed E-state index contributed by atoms with van der Waals surface area (Å²) in [7, 11) is 0. The summed E-state index contributed by atoms with van der Waals surface area (Å²) in [6.07, 6.45) is 0. The van der Waals surface area contributed by atoms with Crippen molar-refractivity contribution in [2.45, 2.75) is 0 Å². The number of thiophene rings is 2. The lowest BCUT2D eigenvalue weighted by atomic mass is 10.1. The first-order chi connectivity index (χ1) is 16.8. The van der Waals surface area contributed by atoms with Crippen molar-refractivity contribution in [1.29, 1.82) is 0 Å². The van der Waals surface area contributed by atoms with Crippen molar-refractivity contribution in [3.8, 4) is 19.8 Å². The molecule has 34 heavy (non-hydrogen) atoms. The molecule has 4 heterocycles. The third kappa shape index (κ3) is 2.96. The van der Waals surface area contributed by atoms with Gasteiger partial charge in [-0.25, -0.2) is 9.97 Å². The van der Waals surface area contributed by atoms with Crippen LogP contribution in [0.3, 0.4) is 0 Å². The summed E-state index contributed by atoms with van der Waals surface area (Å²) in [5.74, 6) is 0. The second-order valence-electron chi connectivity index (χ2n) is 8.34. The van der Waals surface area contributed by atoms with Crippen LogP contribution in [-0.2, 0) is 0 Å². The van der Waals surface area contributed by atoms with Gasteiger partial charge in [-0.05, 0) is 68.7 Å². The Bertz CT molecular complexity index is 1760. The number of aromatic nitrogens is 2. The maximum Gasteiger partial charge on any atom is 0.155 e. The average Bonchev–Trinajstić information content (AvgIpc) is 3.61. The number of rotatable bonds is 2. The normalized spacial score (nSPS) is 12.1. The molecule has 4 aromatic carbocycles. The van der Waals surface area contributed by atoms with Gasteiger partial charge in [-0.1, -0.05) is 71.2 Å². The molecular weight excluding hydrogens is 493 g/mol. The molecule has 0 bridgehead atoms. The fourth-order valence-corrected chi connectivity index (χ4v) is 8.84. The lowest BCUT2D eigenvalue weighted by Crippen LogP contribution is -1.70. The molecule has 0 N–H and O–H groups in total. The highest BCUT2D eigenvalue weighted by molar-refractivity contribution is 7.33. The zero-order valence-electron chi connectivity index (χ0n) is 17.6. The molecule has 8 rings (SSSR count). The van der Waals surface area contributed by atoms with Crippen molar-refractivity contribution in [2.75, 3.05) is 0 Å². The van der Waals surface area contributed by atoms with Crippen LogP contribution in [0.5, 0.6) is 0 Å². The molecule has 0 saturated heterocycles. The molecule has 2 nitrogen and oxygen atoms in total. The van der Waals surface area contributed by atoms with E-state index in [-0.39, 0.29) is 0 Å². The van der Waals surface area contributed by atoms with Gasteiger partial charge >= 0.3 is 0 Å². The van der Waals surface area contributed by atoms with Crippen LogP contribution < -0.4 is 0 Å². The van der Waals surface area contributed by atoms with Crippen molar-refractivity contribution in [1.82, 2.24) is 9.97 Å². The summed E-state index contributed by atoms with van der Waals surface area (Å²) in [6, 6.07) is 30.8. The number of hydrogen-bond donors (Lipinski definition) is 0. The Hall–Kier alpha value is -3.16. The Balaban J connectivity index is 1.19. The molecule has 0 spiro atoms. The van der Waals surface area contributed by atoms with E-state index in [0.717, 1.165) is 19.7 Å². The highest BCUT2D eigenvalue weighted by atomic mass is 32.1. The topological polar surface area (TPSA) is 25.8 Å². The Labute approximate surface area is 210 Å². The van der Waals surface area contributed by atoms with Gasteiger partial charge in [0.25, 0.3) is 0 Å². The van der Waals surface area contributed by atoms with Crippen LogP contribution >= 0.6 is 45.3 Å². The smallest absolute Gasteiger partial charge is 0.155 e. The molecule has 0 amide bonds. The van der Waals surface area contributed by atoms with Crippen molar-refractivity contribution < 1.29 is 0 Å². The van der Waals surface area contributed by atoms with Crippen LogP contribution in [0.2, 0.25) is 0 Å². The minimum atomic E-state index is 1.03. The fraction of sp³-hybridized carbons (Fsp3) is 0. The summed E-state index contributed by atoms with van der Waals surface area (Å²) in [4.78, 5) is 14.5. The monoisotopic (exact) mass is 506 g/mol. The van der Waals surface area contributed by atoms with Gasteiger partial charge in [-0.2, -0.15) is 0 Å². The maximum absolute atomic E-state index is 4.98. The molecule has 0 unspecified atom stereocenters. The summed E-state index contributed by atoms with van der Waals surface area (Å²) >= 11 is 7.03. The van der Waals surface area contributed by atoms with Crippen LogP contribution in [0.1, 0.15) is 0 Å². The third-order valence-corrected chi connectivity index (χ3v) is 10.7. The number of benzene rings is 4. The van der Waals surface area contributed by atoms with Gasteiger partial charge in [-0.15, -0.1) is 22.7 Å². The Morgan fingerprint density at radius 1 is 0.412 bits per heavy atom. The minimum Gasteiger partial charge on any atom is -0.222 e. The molecule has 160 valence electrons. The standard InChI is InChI=1S/C28H14N2S4/c1-3-7-17-11-21-19(9-15(17)5-1)13-23(31-21)25-29-27-28(33-25)30-26(34-27)24-14-20-10-16-6-2-4-8-18(16)12-22(20)32-24/h1-14H. The van der Waals surface area contributed by atoms with Crippen LogP contribution in [-0.4, -0.2) is 9.97 Å². The molecule has 0 aliphatic rings. The first-order valence-electron chi connectivity index (χ1n) is 10.9. The van der Waals surface area contributed by atoms with E-state index in [4.69, 9.17) is 9.97 Å². The van der Waals surface area contributed by atoms with E-state index < -0.39 is 0 Å². The summed E-state index contributed by atoms with van der Waals surface area (Å²) in [6.45, 7) is 0. The summed E-state index contributed by atoms with van der Waals surface area (Å²) in [5, 5.41) is 9.81. The molecule has 0 radical (unpaired) electrons. The quantitative estimate of drug-likeness (QED) is 0.233. The van der Waals surface area contributed by atoms with E-state index >= 15 is 0 Å². The molecule has 0 atom stereocenters. The summed E-state index contributed by atoms with van der Waals surface area (Å²) in [5.41, 5.74) is 0. The van der Waals surface area contributed by atoms with E-state index in [9.17, 15) is 0 Å². The highest BCUT2D eigenvalue weighted by Gasteiger charge is 2.16.